The van der Waals surface area contributed by atoms with Gasteiger partial charge < -0.3 is 14.8 Å². The molecule has 2 heterocycles. The van der Waals surface area contributed by atoms with Crippen molar-refractivity contribution >= 4 is 22.9 Å². The normalized spacial score (nSPS) is 19.4. The van der Waals surface area contributed by atoms with Gasteiger partial charge in [-0.2, -0.15) is 0 Å². The number of nitrogens with zero attached hydrogens (tertiary/aromatic N) is 3. The van der Waals surface area contributed by atoms with Gasteiger partial charge in [0.05, 0.1) is 11.0 Å². The molecule has 0 atom stereocenters. The Morgan fingerprint density at radius 1 is 1.23 bits per heavy atom. The van der Waals surface area contributed by atoms with Crippen LogP contribution in [0.2, 0.25) is 0 Å². The minimum Gasteiger partial charge on any atom is -0.353 e. The molecule has 140 valence electrons. The van der Waals surface area contributed by atoms with E-state index in [1.807, 2.05) is 11.6 Å². The molecule has 5 nitrogen and oxygen atoms in total. The van der Waals surface area contributed by atoms with Crippen LogP contribution in [0.5, 0.6) is 0 Å². The number of piperidine rings is 1. The SMILES string of the molecule is Cn1c(N2CCC(NC(=O)CC3CCCC3)CC2)nc2ccc(F)cc21. The quantitative estimate of drug-likeness (QED) is 0.912. The van der Waals surface area contributed by atoms with E-state index in [1.165, 1.54) is 37.8 Å². The molecule has 2 aromatic rings. The van der Waals surface area contributed by atoms with E-state index in [0.29, 0.717) is 12.3 Å². The summed E-state index contributed by atoms with van der Waals surface area (Å²) in [6, 6.07) is 4.96. The molecule has 1 aliphatic carbocycles. The van der Waals surface area contributed by atoms with Gasteiger partial charge in [-0.15, -0.1) is 0 Å². The van der Waals surface area contributed by atoms with Crippen molar-refractivity contribution in [1.29, 1.82) is 0 Å². The van der Waals surface area contributed by atoms with E-state index in [-0.39, 0.29) is 17.8 Å². The van der Waals surface area contributed by atoms with Gasteiger partial charge in [-0.3, -0.25) is 4.79 Å². The number of halogens is 1. The van der Waals surface area contributed by atoms with Gasteiger partial charge in [-0.25, -0.2) is 9.37 Å². The Morgan fingerprint density at radius 3 is 2.69 bits per heavy atom. The molecule has 6 heteroatoms. The van der Waals surface area contributed by atoms with Gasteiger partial charge in [0, 0.05) is 32.6 Å². The first-order valence-electron chi connectivity index (χ1n) is 9.76. The fourth-order valence-corrected chi connectivity index (χ4v) is 4.42. The fraction of sp³-hybridized carbons (Fsp3) is 0.600. The topological polar surface area (TPSA) is 50.2 Å². The summed E-state index contributed by atoms with van der Waals surface area (Å²) >= 11 is 0. The lowest BCUT2D eigenvalue weighted by molar-refractivity contribution is -0.122. The molecule has 2 aliphatic rings. The molecule has 1 aromatic heterocycles. The number of carbonyl (C=O) groups is 1. The summed E-state index contributed by atoms with van der Waals surface area (Å²) in [5.74, 6) is 1.45. The minimum absolute atomic E-state index is 0.216. The summed E-state index contributed by atoms with van der Waals surface area (Å²) in [4.78, 5) is 19.1. The first-order chi connectivity index (χ1) is 12.6. The van der Waals surface area contributed by atoms with Crippen LogP contribution in [0, 0.1) is 11.7 Å². The van der Waals surface area contributed by atoms with E-state index in [1.54, 1.807) is 6.07 Å². The first kappa shape index (κ1) is 17.3. The molecule has 1 amide bonds. The molecule has 1 aromatic carbocycles. The zero-order valence-electron chi connectivity index (χ0n) is 15.4. The number of anilines is 1. The molecule has 1 saturated carbocycles. The van der Waals surface area contributed by atoms with Gasteiger partial charge in [-0.05, 0) is 49.8 Å². The Balaban J connectivity index is 1.34. The van der Waals surface area contributed by atoms with Crippen LogP contribution < -0.4 is 10.2 Å². The Labute approximate surface area is 153 Å². The third-order valence-corrected chi connectivity index (χ3v) is 5.91. The summed E-state index contributed by atoms with van der Waals surface area (Å²) in [7, 11) is 1.93. The Hall–Kier alpha value is -2.11. The molecule has 0 radical (unpaired) electrons. The summed E-state index contributed by atoms with van der Waals surface area (Å²) in [5.41, 5.74) is 1.63. The largest absolute Gasteiger partial charge is 0.353 e. The zero-order valence-corrected chi connectivity index (χ0v) is 15.4. The van der Waals surface area contributed by atoms with Gasteiger partial charge in [0.2, 0.25) is 11.9 Å². The molecule has 1 N–H and O–H groups in total. The van der Waals surface area contributed by atoms with E-state index in [4.69, 9.17) is 0 Å². The van der Waals surface area contributed by atoms with Crippen molar-refractivity contribution in [2.75, 3.05) is 18.0 Å². The van der Waals surface area contributed by atoms with Gasteiger partial charge >= 0.3 is 0 Å². The Bertz CT molecular complexity index is 788. The molecule has 1 saturated heterocycles. The van der Waals surface area contributed by atoms with E-state index >= 15 is 0 Å². The second-order valence-electron chi connectivity index (χ2n) is 7.79. The van der Waals surface area contributed by atoms with Crippen LogP contribution in [0.3, 0.4) is 0 Å². The van der Waals surface area contributed by atoms with E-state index in [2.05, 4.69) is 15.2 Å². The third-order valence-electron chi connectivity index (χ3n) is 5.91. The van der Waals surface area contributed by atoms with Crippen molar-refractivity contribution in [1.82, 2.24) is 14.9 Å². The highest BCUT2D eigenvalue weighted by molar-refractivity contribution is 5.79. The maximum atomic E-state index is 13.5. The Kier molecular flexibility index (Phi) is 4.83. The van der Waals surface area contributed by atoms with Crippen molar-refractivity contribution in [3.05, 3.63) is 24.0 Å². The molecule has 26 heavy (non-hydrogen) atoms. The number of benzene rings is 1. The highest BCUT2D eigenvalue weighted by Gasteiger charge is 2.25. The lowest BCUT2D eigenvalue weighted by Gasteiger charge is -2.33. The summed E-state index contributed by atoms with van der Waals surface area (Å²) in [5, 5.41) is 3.22. The highest BCUT2D eigenvalue weighted by Crippen LogP contribution is 2.28. The molecule has 0 spiro atoms. The number of nitrogens with one attached hydrogen (secondary N) is 1. The van der Waals surface area contributed by atoms with Gasteiger partial charge in [0.15, 0.2) is 0 Å². The number of hydrogen-bond acceptors (Lipinski definition) is 3. The number of imidazole rings is 1. The average Bonchev–Trinajstić information content (AvgIpc) is 3.24. The third kappa shape index (κ3) is 3.55. The standard InChI is InChI=1S/C20H27FN4O/c1-24-18-13-15(21)6-7-17(18)23-20(24)25-10-8-16(9-11-25)22-19(26)12-14-4-2-3-5-14/h6-7,13-14,16H,2-5,8-12H2,1H3,(H,22,26). The van der Waals surface area contributed by atoms with Crippen LogP contribution in [-0.2, 0) is 11.8 Å². The van der Waals surface area contributed by atoms with Crippen LogP contribution >= 0.6 is 0 Å². The number of aromatic nitrogens is 2. The molecule has 0 unspecified atom stereocenters. The Morgan fingerprint density at radius 2 is 1.96 bits per heavy atom. The van der Waals surface area contributed by atoms with Crippen LogP contribution in [-0.4, -0.2) is 34.6 Å². The second-order valence-corrected chi connectivity index (χ2v) is 7.79. The minimum atomic E-state index is -0.240. The van der Waals surface area contributed by atoms with Crippen molar-refractivity contribution in [3.8, 4) is 0 Å². The van der Waals surface area contributed by atoms with Gasteiger partial charge in [-0.1, -0.05) is 12.8 Å². The molecular weight excluding hydrogens is 331 g/mol. The molecule has 1 aliphatic heterocycles. The van der Waals surface area contributed by atoms with Crippen molar-refractivity contribution in [2.24, 2.45) is 13.0 Å². The number of hydrogen-bond donors (Lipinski definition) is 1. The number of aryl methyl sites for hydroxylation is 1. The highest BCUT2D eigenvalue weighted by atomic mass is 19.1. The molecule has 4 rings (SSSR count). The second kappa shape index (κ2) is 7.25. The average molecular weight is 358 g/mol. The van der Waals surface area contributed by atoms with E-state index < -0.39 is 0 Å². The smallest absolute Gasteiger partial charge is 0.220 e. The van der Waals surface area contributed by atoms with Crippen molar-refractivity contribution in [2.45, 2.75) is 51.0 Å². The predicted molar refractivity (Wildman–Crippen MR) is 101 cm³/mol. The fourth-order valence-electron chi connectivity index (χ4n) is 4.42. The van der Waals surface area contributed by atoms with Crippen LogP contribution in [0.25, 0.3) is 11.0 Å². The maximum Gasteiger partial charge on any atom is 0.220 e. The number of carbonyl (C=O) groups excluding carboxylic acids is 1. The lowest BCUT2D eigenvalue weighted by Crippen LogP contribution is -2.45. The van der Waals surface area contributed by atoms with Gasteiger partial charge in [0.25, 0.3) is 0 Å². The molecular formula is C20H27FN4O. The summed E-state index contributed by atoms with van der Waals surface area (Å²) in [6.07, 6.45) is 7.51. The van der Waals surface area contributed by atoms with E-state index in [9.17, 15) is 9.18 Å². The summed E-state index contributed by atoms with van der Waals surface area (Å²) < 4.78 is 15.4. The molecule has 2 fully saturated rings. The number of rotatable bonds is 4. The predicted octanol–water partition coefficient (Wildman–Crippen LogP) is 3.38. The van der Waals surface area contributed by atoms with E-state index in [0.717, 1.165) is 42.9 Å². The van der Waals surface area contributed by atoms with Gasteiger partial charge in [0.1, 0.15) is 5.82 Å². The van der Waals surface area contributed by atoms with Crippen molar-refractivity contribution in [3.63, 3.8) is 0 Å². The monoisotopic (exact) mass is 358 g/mol. The van der Waals surface area contributed by atoms with Crippen LogP contribution in [0.4, 0.5) is 10.3 Å². The molecule has 0 bridgehead atoms. The number of fused-ring (bicyclic) bond motifs is 1. The van der Waals surface area contributed by atoms with Crippen LogP contribution in [0.15, 0.2) is 18.2 Å². The maximum absolute atomic E-state index is 13.5. The van der Waals surface area contributed by atoms with Crippen LogP contribution in [0.1, 0.15) is 44.9 Å². The lowest BCUT2D eigenvalue weighted by atomic mass is 10.0. The number of amides is 1. The first-order valence-corrected chi connectivity index (χ1v) is 9.76. The summed E-state index contributed by atoms with van der Waals surface area (Å²) in [6.45, 7) is 1.71. The zero-order chi connectivity index (χ0) is 18.1. The van der Waals surface area contributed by atoms with Crippen molar-refractivity contribution < 1.29 is 9.18 Å².